The Hall–Kier alpha value is -1.83. The third-order valence-electron chi connectivity index (χ3n) is 3.92. The van der Waals surface area contributed by atoms with Crippen LogP contribution < -0.4 is 10.0 Å². The zero-order valence-electron chi connectivity index (χ0n) is 15.7. The van der Waals surface area contributed by atoms with Gasteiger partial charge in [0.15, 0.2) is 0 Å². The van der Waals surface area contributed by atoms with E-state index in [1.165, 1.54) is 4.90 Å². The zero-order valence-corrected chi connectivity index (χ0v) is 17.3. The first kappa shape index (κ1) is 21.5. The van der Waals surface area contributed by atoms with Gasteiger partial charge in [-0.1, -0.05) is 35.9 Å². The highest BCUT2D eigenvalue weighted by Gasteiger charge is 2.16. The van der Waals surface area contributed by atoms with E-state index in [0.29, 0.717) is 12.1 Å². The number of sulfonamides is 1. The highest BCUT2D eigenvalue weighted by Crippen LogP contribution is 2.17. The summed E-state index contributed by atoms with van der Waals surface area (Å²) in [6.07, 6.45) is 0.982. The fourth-order valence-electron chi connectivity index (χ4n) is 2.57. The molecule has 0 spiro atoms. The number of amides is 1. The van der Waals surface area contributed by atoms with Crippen molar-refractivity contribution in [1.82, 2.24) is 10.0 Å². The number of benzene rings is 2. The Kier molecular flexibility index (Phi) is 8.34. The summed E-state index contributed by atoms with van der Waals surface area (Å²) in [5, 5.41) is 2.83. The van der Waals surface area contributed by atoms with Crippen molar-refractivity contribution in [3.8, 4) is 0 Å². The van der Waals surface area contributed by atoms with E-state index in [2.05, 4.69) is 22.2 Å². The summed E-state index contributed by atoms with van der Waals surface area (Å²) in [7, 11) is -3.60. The SMILES string of the molecule is Cc1ccc(S(=O)(=O)NCCC(=O)NCCCSc2ccccc2)c(C)c1. The molecule has 0 fully saturated rings. The van der Waals surface area contributed by atoms with Crippen molar-refractivity contribution in [3.63, 3.8) is 0 Å². The molecule has 2 aromatic rings. The average molecular weight is 407 g/mol. The second kappa shape index (κ2) is 10.5. The Morgan fingerprint density at radius 3 is 2.48 bits per heavy atom. The minimum absolute atomic E-state index is 0.0836. The average Bonchev–Trinajstić information content (AvgIpc) is 2.62. The summed E-state index contributed by atoms with van der Waals surface area (Å²) in [6.45, 7) is 4.35. The molecule has 0 aliphatic rings. The minimum atomic E-state index is -3.60. The summed E-state index contributed by atoms with van der Waals surface area (Å²) in [6, 6.07) is 15.3. The van der Waals surface area contributed by atoms with Gasteiger partial charge in [0.2, 0.25) is 15.9 Å². The van der Waals surface area contributed by atoms with Crippen molar-refractivity contribution in [1.29, 1.82) is 0 Å². The Balaban J connectivity index is 1.65. The van der Waals surface area contributed by atoms with Crippen molar-refractivity contribution in [2.24, 2.45) is 0 Å². The van der Waals surface area contributed by atoms with E-state index in [1.807, 2.05) is 31.2 Å². The normalized spacial score (nSPS) is 11.3. The second-order valence-corrected chi connectivity index (χ2v) is 9.19. The van der Waals surface area contributed by atoms with Crippen LogP contribution in [0.4, 0.5) is 0 Å². The molecule has 0 radical (unpaired) electrons. The smallest absolute Gasteiger partial charge is 0.240 e. The Morgan fingerprint density at radius 1 is 1.04 bits per heavy atom. The van der Waals surface area contributed by atoms with E-state index in [-0.39, 0.29) is 23.8 Å². The molecule has 0 unspecified atom stereocenters. The topological polar surface area (TPSA) is 75.3 Å². The van der Waals surface area contributed by atoms with Crippen LogP contribution in [0.3, 0.4) is 0 Å². The maximum atomic E-state index is 12.3. The van der Waals surface area contributed by atoms with E-state index >= 15 is 0 Å². The molecule has 0 heterocycles. The minimum Gasteiger partial charge on any atom is -0.356 e. The van der Waals surface area contributed by atoms with Crippen LogP contribution in [0.25, 0.3) is 0 Å². The summed E-state index contributed by atoms with van der Waals surface area (Å²) >= 11 is 1.75. The largest absolute Gasteiger partial charge is 0.356 e. The molecule has 7 heteroatoms. The van der Waals surface area contributed by atoms with Gasteiger partial charge in [-0.05, 0) is 49.8 Å². The molecule has 0 saturated heterocycles. The van der Waals surface area contributed by atoms with E-state index in [4.69, 9.17) is 0 Å². The van der Waals surface area contributed by atoms with Crippen molar-refractivity contribution in [3.05, 3.63) is 59.7 Å². The number of carbonyl (C=O) groups excluding carboxylic acids is 1. The lowest BCUT2D eigenvalue weighted by atomic mass is 10.2. The second-order valence-electron chi connectivity index (χ2n) is 6.28. The first-order valence-electron chi connectivity index (χ1n) is 8.90. The summed E-state index contributed by atoms with van der Waals surface area (Å²) in [4.78, 5) is 13.3. The van der Waals surface area contributed by atoms with Gasteiger partial charge < -0.3 is 5.32 Å². The number of thioether (sulfide) groups is 1. The van der Waals surface area contributed by atoms with Crippen molar-refractivity contribution in [2.45, 2.75) is 36.5 Å². The number of hydrogen-bond acceptors (Lipinski definition) is 4. The summed E-state index contributed by atoms with van der Waals surface area (Å²) in [5.41, 5.74) is 1.71. The number of aryl methyl sites for hydroxylation is 2. The zero-order chi connectivity index (χ0) is 19.7. The molecule has 0 aliphatic heterocycles. The van der Waals surface area contributed by atoms with Gasteiger partial charge in [-0.25, -0.2) is 13.1 Å². The molecule has 2 aromatic carbocycles. The highest BCUT2D eigenvalue weighted by molar-refractivity contribution is 7.99. The molecule has 5 nitrogen and oxygen atoms in total. The maximum absolute atomic E-state index is 12.3. The first-order chi connectivity index (χ1) is 12.9. The van der Waals surface area contributed by atoms with Crippen LogP contribution in [0.1, 0.15) is 24.0 Å². The standard InChI is InChI=1S/C20H26N2O3S2/c1-16-9-10-19(17(2)15-16)27(24,25)22-13-11-20(23)21-12-6-14-26-18-7-4-3-5-8-18/h3-5,7-10,15,22H,6,11-14H2,1-2H3,(H,21,23). The Labute approximate surface area is 166 Å². The molecule has 0 aromatic heterocycles. The fraction of sp³-hybridized carbons (Fsp3) is 0.350. The first-order valence-corrected chi connectivity index (χ1v) is 11.4. The van der Waals surface area contributed by atoms with Crippen molar-refractivity contribution >= 4 is 27.7 Å². The number of carbonyl (C=O) groups is 1. The van der Waals surface area contributed by atoms with Gasteiger partial charge in [0, 0.05) is 24.4 Å². The number of nitrogens with one attached hydrogen (secondary N) is 2. The van der Waals surface area contributed by atoms with Crippen LogP contribution in [0, 0.1) is 13.8 Å². The lowest BCUT2D eigenvalue weighted by Gasteiger charge is -2.10. The van der Waals surface area contributed by atoms with Gasteiger partial charge in [-0.3, -0.25) is 4.79 Å². The molecule has 2 N–H and O–H groups in total. The fourth-order valence-corrected chi connectivity index (χ4v) is 4.70. The van der Waals surface area contributed by atoms with Gasteiger partial charge in [0.1, 0.15) is 0 Å². The predicted molar refractivity (Wildman–Crippen MR) is 111 cm³/mol. The molecular formula is C20H26N2O3S2. The quantitative estimate of drug-likeness (QED) is 0.469. The molecular weight excluding hydrogens is 380 g/mol. The van der Waals surface area contributed by atoms with Crippen LogP contribution in [-0.4, -0.2) is 33.2 Å². The number of rotatable bonds is 10. The lowest BCUT2D eigenvalue weighted by Crippen LogP contribution is -2.31. The van der Waals surface area contributed by atoms with E-state index in [0.717, 1.165) is 17.7 Å². The summed E-state index contributed by atoms with van der Waals surface area (Å²) < 4.78 is 27.2. The van der Waals surface area contributed by atoms with Crippen LogP contribution >= 0.6 is 11.8 Å². The van der Waals surface area contributed by atoms with Crippen LogP contribution in [0.5, 0.6) is 0 Å². The third-order valence-corrected chi connectivity index (χ3v) is 6.64. The van der Waals surface area contributed by atoms with E-state index in [9.17, 15) is 13.2 Å². The lowest BCUT2D eigenvalue weighted by molar-refractivity contribution is -0.120. The molecule has 2 rings (SSSR count). The van der Waals surface area contributed by atoms with Gasteiger partial charge in [0.05, 0.1) is 4.90 Å². The Bertz CT molecular complexity index is 853. The van der Waals surface area contributed by atoms with Crippen LogP contribution in [-0.2, 0) is 14.8 Å². The van der Waals surface area contributed by atoms with Crippen LogP contribution in [0.2, 0.25) is 0 Å². The molecule has 1 amide bonds. The molecule has 0 bridgehead atoms. The van der Waals surface area contributed by atoms with Gasteiger partial charge in [-0.15, -0.1) is 11.8 Å². The van der Waals surface area contributed by atoms with E-state index in [1.54, 1.807) is 30.8 Å². The van der Waals surface area contributed by atoms with Gasteiger partial charge >= 0.3 is 0 Å². The molecule has 0 saturated carbocycles. The highest BCUT2D eigenvalue weighted by atomic mass is 32.2. The van der Waals surface area contributed by atoms with Gasteiger partial charge in [0.25, 0.3) is 0 Å². The third kappa shape index (κ3) is 7.36. The van der Waals surface area contributed by atoms with E-state index < -0.39 is 10.0 Å². The van der Waals surface area contributed by atoms with Crippen LogP contribution in [0.15, 0.2) is 58.3 Å². The Morgan fingerprint density at radius 2 is 1.78 bits per heavy atom. The van der Waals surface area contributed by atoms with Crippen molar-refractivity contribution < 1.29 is 13.2 Å². The predicted octanol–water partition coefficient (Wildman–Crippen LogP) is 3.27. The number of hydrogen-bond donors (Lipinski definition) is 2. The molecule has 0 atom stereocenters. The molecule has 27 heavy (non-hydrogen) atoms. The van der Waals surface area contributed by atoms with Crippen molar-refractivity contribution in [2.75, 3.05) is 18.8 Å². The molecule has 0 aliphatic carbocycles. The monoisotopic (exact) mass is 406 g/mol. The van der Waals surface area contributed by atoms with Gasteiger partial charge in [-0.2, -0.15) is 0 Å². The molecule has 146 valence electrons. The maximum Gasteiger partial charge on any atom is 0.240 e. The summed E-state index contributed by atoms with van der Waals surface area (Å²) in [5.74, 6) is 0.770.